The zero-order valence-electron chi connectivity index (χ0n) is 24.0. The molecule has 0 heterocycles. The molecule has 0 aliphatic rings. The van der Waals surface area contributed by atoms with Gasteiger partial charge in [0.05, 0.1) is 23.3 Å². The molecule has 38 heavy (non-hydrogen) atoms. The number of aromatic carboxylic acids is 2. The zero-order chi connectivity index (χ0) is 29.4. The van der Waals surface area contributed by atoms with Crippen molar-refractivity contribution in [2.75, 3.05) is 0 Å². The van der Waals surface area contributed by atoms with E-state index >= 15 is 0 Å². The van der Waals surface area contributed by atoms with Crippen LogP contribution in [0.15, 0.2) is 73.3 Å². The maximum absolute atomic E-state index is 10.2. The van der Waals surface area contributed by atoms with E-state index in [2.05, 4.69) is 27.4 Å². The van der Waals surface area contributed by atoms with E-state index in [1.54, 1.807) is 67.6 Å². The Balaban J connectivity index is 0. The monoisotopic (exact) mass is 530 g/mol. The Morgan fingerprint density at radius 1 is 0.816 bits per heavy atom. The van der Waals surface area contributed by atoms with Crippen LogP contribution < -0.4 is 0 Å². The van der Waals surface area contributed by atoms with Gasteiger partial charge in [0.15, 0.2) is 0 Å². The molecule has 0 bridgehead atoms. The van der Waals surface area contributed by atoms with E-state index in [0.29, 0.717) is 23.0 Å². The van der Waals surface area contributed by atoms with Crippen molar-refractivity contribution in [3.05, 3.63) is 84.4 Å². The third-order valence-electron chi connectivity index (χ3n) is 6.41. The molecule has 4 N–H and O–H groups in total. The summed E-state index contributed by atoms with van der Waals surface area (Å²) in [6, 6.07) is 16.6. The summed E-state index contributed by atoms with van der Waals surface area (Å²) in [4.78, 5) is 20.4. The van der Waals surface area contributed by atoms with Gasteiger partial charge in [-0.15, -0.1) is 6.58 Å². The first-order chi connectivity index (χ1) is 18.0. The molecule has 0 fully saturated rings. The second-order valence-corrected chi connectivity index (χ2v) is 9.26. The second-order valence-electron chi connectivity index (χ2n) is 9.26. The topological polar surface area (TPSA) is 115 Å². The highest BCUT2D eigenvalue weighted by Gasteiger charge is 2.22. The molecular formula is C32H50O6. The maximum Gasteiger partial charge on any atom is 0.335 e. The van der Waals surface area contributed by atoms with E-state index < -0.39 is 11.9 Å². The summed E-state index contributed by atoms with van der Waals surface area (Å²) in [5, 5.41) is 34.6. The maximum atomic E-state index is 10.2. The lowest BCUT2D eigenvalue weighted by Crippen LogP contribution is -2.16. The average Bonchev–Trinajstić information content (AvgIpc) is 2.92. The van der Waals surface area contributed by atoms with Gasteiger partial charge in [0.1, 0.15) is 0 Å². The molecule has 2 rings (SSSR count). The Hall–Kier alpha value is -2.96. The molecule has 0 saturated carbocycles. The van der Waals surface area contributed by atoms with Crippen LogP contribution in [-0.4, -0.2) is 44.6 Å². The Bertz CT molecular complexity index is 787. The van der Waals surface area contributed by atoms with Gasteiger partial charge in [-0.3, -0.25) is 0 Å². The molecule has 2 aromatic carbocycles. The summed E-state index contributed by atoms with van der Waals surface area (Å²) in [6.45, 7) is 14.4. The third-order valence-corrected chi connectivity index (χ3v) is 6.41. The first-order valence-electron chi connectivity index (χ1n) is 13.6. The van der Waals surface area contributed by atoms with E-state index in [0.717, 1.165) is 12.8 Å². The Morgan fingerprint density at radius 2 is 1.21 bits per heavy atom. The standard InChI is InChI=1S/C11H22.2C7H6O2.C7H16O2/c1-5-9-10-11(6-2,7-3)8-4;2*8-7(9)6-4-2-1-3-5-6;1-3-4-7(9)5-6(2)8/h5H,1,6-10H2,2-4H3;2*1-5H,(H,8,9);6-9H,3-5H2,1-2H3. The minimum atomic E-state index is -0.879. The predicted molar refractivity (Wildman–Crippen MR) is 157 cm³/mol. The summed E-state index contributed by atoms with van der Waals surface area (Å²) in [5.41, 5.74) is 1.27. The fraction of sp³-hybridized carbons (Fsp3) is 0.500. The van der Waals surface area contributed by atoms with Gasteiger partial charge in [-0.2, -0.15) is 0 Å². The predicted octanol–water partition coefficient (Wildman–Crippen LogP) is 7.86. The molecule has 0 saturated heterocycles. The fourth-order valence-corrected chi connectivity index (χ4v) is 3.69. The van der Waals surface area contributed by atoms with Gasteiger partial charge < -0.3 is 20.4 Å². The SMILES string of the molecule is C=CCCC(CC)(CC)CC.CCCC(O)CC(C)O.O=C(O)c1ccccc1.O=C(O)c1ccccc1. The van der Waals surface area contributed by atoms with Crippen LogP contribution in [0.4, 0.5) is 0 Å². The summed E-state index contributed by atoms with van der Waals surface area (Å²) in [7, 11) is 0. The number of carbonyl (C=O) groups is 2. The van der Waals surface area contributed by atoms with Gasteiger partial charge >= 0.3 is 11.9 Å². The van der Waals surface area contributed by atoms with E-state index in [4.69, 9.17) is 20.4 Å². The van der Waals surface area contributed by atoms with Crippen LogP contribution in [-0.2, 0) is 0 Å². The fourth-order valence-electron chi connectivity index (χ4n) is 3.69. The van der Waals surface area contributed by atoms with Crippen LogP contribution in [0.5, 0.6) is 0 Å². The Kier molecular flexibility index (Phi) is 22.7. The molecule has 6 heteroatoms. The number of benzene rings is 2. The summed E-state index contributed by atoms with van der Waals surface area (Å²) in [6.07, 6.45) is 10.1. The highest BCUT2D eigenvalue weighted by Crippen LogP contribution is 2.35. The molecule has 2 aromatic rings. The van der Waals surface area contributed by atoms with Crippen molar-refractivity contribution in [3.8, 4) is 0 Å². The van der Waals surface area contributed by atoms with Gasteiger partial charge in [-0.25, -0.2) is 9.59 Å². The quantitative estimate of drug-likeness (QED) is 0.208. The molecule has 6 nitrogen and oxygen atoms in total. The molecule has 214 valence electrons. The number of carboxylic acid groups (broad SMARTS) is 2. The number of aliphatic hydroxyl groups is 2. The lowest BCUT2D eigenvalue weighted by molar-refractivity contribution is 0.0686. The molecule has 0 aliphatic carbocycles. The van der Waals surface area contributed by atoms with Crippen LogP contribution in [0.25, 0.3) is 0 Å². The largest absolute Gasteiger partial charge is 0.478 e. The van der Waals surface area contributed by atoms with Crippen LogP contribution in [0.2, 0.25) is 0 Å². The molecule has 0 radical (unpaired) electrons. The number of rotatable bonds is 12. The molecule has 0 aromatic heterocycles. The van der Waals surface area contributed by atoms with Gasteiger partial charge in [-0.1, -0.05) is 95.9 Å². The lowest BCUT2D eigenvalue weighted by Gasteiger charge is -2.29. The minimum absolute atomic E-state index is 0.310. The molecule has 0 spiro atoms. The smallest absolute Gasteiger partial charge is 0.335 e. The number of allylic oxidation sites excluding steroid dienone is 1. The first kappa shape index (κ1) is 37.2. The van der Waals surface area contributed by atoms with E-state index in [1.807, 2.05) is 13.0 Å². The second kappa shape index (κ2) is 23.2. The number of carboxylic acids is 2. The van der Waals surface area contributed by atoms with Crippen molar-refractivity contribution < 1.29 is 30.0 Å². The van der Waals surface area contributed by atoms with Gasteiger partial charge in [0.2, 0.25) is 0 Å². The summed E-state index contributed by atoms with van der Waals surface area (Å²) < 4.78 is 0. The van der Waals surface area contributed by atoms with E-state index in [-0.39, 0.29) is 12.2 Å². The summed E-state index contributed by atoms with van der Waals surface area (Å²) >= 11 is 0. The molecule has 2 unspecified atom stereocenters. The summed E-state index contributed by atoms with van der Waals surface area (Å²) in [5.74, 6) is -1.76. The van der Waals surface area contributed by atoms with E-state index in [1.165, 1.54) is 32.1 Å². The lowest BCUT2D eigenvalue weighted by atomic mass is 9.76. The van der Waals surface area contributed by atoms with Crippen LogP contribution in [0.3, 0.4) is 0 Å². The number of aliphatic hydroxyl groups excluding tert-OH is 2. The molecule has 0 amide bonds. The number of hydrogen-bond donors (Lipinski definition) is 4. The molecular weight excluding hydrogens is 480 g/mol. The number of hydrogen-bond acceptors (Lipinski definition) is 4. The van der Waals surface area contributed by atoms with Crippen LogP contribution >= 0.6 is 0 Å². The van der Waals surface area contributed by atoms with Crippen molar-refractivity contribution >= 4 is 11.9 Å². The van der Waals surface area contributed by atoms with E-state index in [9.17, 15) is 9.59 Å². The average molecular weight is 531 g/mol. The van der Waals surface area contributed by atoms with Crippen molar-refractivity contribution in [1.82, 2.24) is 0 Å². The Labute approximate surface area is 230 Å². The van der Waals surface area contributed by atoms with Crippen molar-refractivity contribution in [1.29, 1.82) is 0 Å². The van der Waals surface area contributed by atoms with Gasteiger partial charge in [0, 0.05) is 0 Å². The highest BCUT2D eigenvalue weighted by molar-refractivity contribution is 5.87. The molecule has 0 aliphatic heterocycles. The molecule has 2 atom stereocenters. The third kappa shape index (κ3) is 19.2. The minimum Gasteiger partial charge on any atom is -0.478 e. The van der Waals surface area contributed by atoms with Crippen molar-refractivity contribution in [2.45, 2.75) is 98.2 Å². The van der Waals surface area contributed by atoms with Gasteiger partial charge in [-0.05, 0) is 62.3 Å². The van der Waals surface area contributed by atoms with Crippen LogP contribution in [0.1, 0.15) is 107 Å². The van der Waals surface area contributed by atoms with Crippen molar-refractivity contribution in [2.24, 2.45) is 5.41 Å². The van der Waals surface area contributed by atoms with Crippen LogP contribution in [0, 0.1) is 5.41 Å². The normalized spacial score (nSPS) is 11.7. The van der Waals surface area contributed by atoms with Crippen molar-refractivity contribution in [3.63, 3.8) is 0 Å². The zero-order valence-corrected chi connectivity index (χ0v) is 24.0. The highest BCUT2D eigenvalue weighted by atomic mass is 16.4. The Morgan fingerprint density at radius 3 is 1.45 bits per heavy atom. The first-order valence-corrected chi connectivity index (χ1v) is 13.6. The van der Waals surface area contributed by atoms with Gasteiger partial charge in [0.25, 0.3) is 0 Å².